The van der Waals surface area contributed by atoms with Crippen LogP contribution in [-0.4, -0.2) is 34.4 Å². The van der Waals surface area contributed by atoms with E-state index in [0.717, 1.165) is 0 Å². The molecule has 0 fully saturated rings. The lowest BCUT2D eigenvalue weighted by Gasteiger charge is -2.04. The second-order valence-corrected chi connectivity index (χ2v) is 3.04. The van der Waals surface area contributed by atoms with Crippen molar-refractivity contribution in [2.75, 3.05) is 13.2 Å². The highest BCUT2D eigenvalue weighted by atomic mass is 16.3. The number of phenols is 2. The first kappa shape index (κ1) is 11.3. The van der Waals surface area contributed by atoms with E-state index in [1.165, 1.54) is 18.2 Å². The highest BCUT2D eigenvalue weighted by Crippen LogP contribution is 2.24. The largest absolute Gasteiger partial charge is 0.504 e. The van der Waals surface area contributed by atoms with E-state index in [2.05, 4.69) is 5.32 Å². The molecule has 0 spiro atoms. The van der Waals surface area contributed by atoms with E-state index in [4.69, 9.17) is 15.3 Å². The first-order chi connectivity index (χ1) is 7.15. The molecule has 0 aromatic heterocycles. The predicted octanol–water partition coefficient (Wildman–Crippen LogP) is 0.210. The number of hydrogen-bond donors (Lipinski definition) is 4. The molecule has 0 unspecified atom stereocenters. The zero-order chi connectivity index (χ0) is 11.3. The average molecular weight is 211 g/mol. The number of aliphatic hydroxyl groups excluding tert-OH is 1. The van der Waals surface area contributed by atoms with Gasteiger partial charge in [0.05, 0.1) is 0 Å². The lowest BCUT2D eigenvalue weighted by Crippen LogP contribution is -2.24. The minimum atomic E-state index is -0.348. The number of rotatable bonds is 4. The Balaban J connectivity index is 2.62. The highest BCUT2D eigenvalue weighted by molar-refractivity contribution is 5.94. The van der Waals surface area contributed by atoms with Gasteiger partial charge in [-0.3, -0.25) is 4.79 Å². The number of phenolic OH excluding ortho intramolecular Hbond substituents is 2. The number of hydrogen-bond acceptors (Lipinski definition) is 4. The molecule has 0 radical (unpaired) electrons. The number of carbonyl (C=O) groups excluding carboxylic acids is 1. The van der Waals surface area contributed by atoms with Gasteiger partial charge in [-0.25, -0.2) is 0 Å². The zero-order valence-electron chi connectivity index (χ0n) is 8.10. The molecule has 0 aliphatic carbocycles. The van der Waals surface area contributed by atoms with Crippen LogP contribution < -0.4 is 5.32 Å². The Morgan fingerprint density at radius 1 is 1.27 bits per heavy atom. The van der Waals surface area contributed by atoms with Gasteiger partial charge in [-0.05, 0) is 24.6 Å². The maximum absolute atomic E-state index is 11.4. The van der Waals surface area contributed by atoms with Gasteiger partial charge in [0.15, 0.2) is 11.5 Å². The van der Waals surface area contributed by atoms with Gasteiger partial charge >= 0.3 is 0 Å². The van der Waals surface area contributed by atoms with Crippen molar-refractivity contribution in [3.05, 3.63) is 23.8 Å². The van der Waals surface area contributed by atoms with Gasteiger partial charge in [0.25, 0.3) is 5.91 Å². The highest BCUT2D eigenvalue weighted by Gasteiger charge is 2.07. The normalized spacial score (nSPS) is 9.93. The van der Waals surface area contributed by atoms with Gasteiger partial charge in [-0.1, -0.05) is 0 Å². The fourth-order valence-electron chi connectivity index (χ4n) is 1.05. The molecule has 1 amide bonds. The van der Waals surface area contributed by atoms with E-state index in [1.54, 1.807) is 0 Å². The number of aliphatic hydroxyl groups is 1. The van der Waals surface area contributed by atoms with Crippen LogP contribution >= 0.6 is 0 Å². The van der Waals surface area contributed by atoms with Crippen molar-refractivity contribution in [3.8, 4) is 11.5 Å². The van der Waals surface area contributed by atoms with Gasteiger partial charge in [0.1, 0.15) is 0 Å². The third kappa shape index (κ3) is 3.14. The Kier molecular flexibility index (Phi) is 3.93. The monoisotopic (exact) mass is 211 g/mol. The molecule has 15 heavy (non-hydrogen) atoms. The first-order valence-corrected chi connectivity index (χ1v) is 4.56. The maximum atomic E-state index is 11.4. The molecule has 0 saturated carbocycles. The summed E-state index contributed by atoms with van der Waals surface area (Å²) in [5.74, 6) is -0.939. The van der Waals surface area contributed by atoms with Crippen molar-refractivity contribution in [2.45, 2.75) is 6.42 Å². The van der Waals surface area contributed by atoms with Crippen molar-refractivity contribution < 1.29 is 20.1 Å². The van der Waals surface area contributed by atoms with Crippen LogP contribution in [0, 0.1) is 0 Å². The Labute approximate surface area is 87.0 Å². The lowest BCUT2D eigenvalue weighted by molar-refractivity contribution is 0.0950. The van der Waals surface area contributed by atoms with Crippen LogP contribution in [0.4, 0.5) is 0 Å². The fourth-order valence-corrected chi connectivity index (χ4v) is 1.05. The Bertz CT molecular complexity index is 351. The SMILES string of the molecule is O=C(NCCCO)c1ccc(O)c(O)c1. The second kappa shape index (κ2) is 5.21. The second-order valence-electron chi connectivity index (χ2n) is 3.04. The van der Waals surface area contributed by atoms with E-state index in [-0.39, 0.29) is 29.6 Å². The molecule has 4 N–H and O–H groups in total. The molecule has 0 atom stereocenters. The van der Waals surface area contributed by atoms with Crippen LogP contribution in [0.15, 0.2) is 18.2 Å². The first-order valence-electron chi connectivity index (χ1n) is 4.56. The van der Waals surface area contributed by atoms with Crippen molar-refractivity contribution in [2.24, 2.45) is 0 Å². The number of carbonyl (C=O) groups is 1. The molecule has 0 bridgehead atoms. The van der Waals surface area contributed by atoms with Crippen LogP contribution in [0.5, 0.6) is 11.5 Å². The molecule has 0 aliphatic rings. The number of amides is 1. The van der Waals surface area contributed by atoms with E-state index in [1.807, 2.05) is 0 Å². The van der Waals surface area contributed by atoms with Crippen LogP contribution in [0.1, 0.15) is 16.8 Å². The summed E-state index contributed by atoms with van der Waals surface area (Å²) in [6.45, 7) is 0.387. The smallest absolute Gasteiger partial charge is 0.251 e. The summed E-state index contributed by atoms with van der Waals surface area (Å²) >= 11 is 0. The topological polar surface area (TPSA) is 89.8 Å². The summed E-state index contributed by atoms with van der Waals surface area (Å²) < 4.78 is 0. The fraction of sp³-hybridized carbons (Fsp3) is 0.300. The molecule has 0 heterocycles. The third-order valence-electron chi connectivity index (χ3n) is 1.86. The molecule has 82 valence electrons. The molecular formula is C10H13NO4. The zero-order valence-corrected chi connectivity index (χ0v) is 8.10. The van der Waals surface area contributed by atoms with E-state index in [0.29, 0.717) is 13.0 Å². The van der Waals surface area contributed by atoms with Crippen molar-refractivity contribution in [1.29, 1.82) is 0 Å². The summed E-state index contributed by atoms with van der Waals surface area (Å²) in [4.78, 5) is 11.4. The van der Waals surface area contributed by atoms with E-state index < -0.39 is 0 Å². The Morgan fingerprint density at radius 3 is 2.60 bits per heavy atom. The van der Waals surface area contributed by atoms with Gasteiger partial charge in [0.2, 0.25) is 0 Å². The molecule has 5 nitrogen and oxygen atoms in total. The molecule has 1 aromatic carbocycles. The van der Waals surface area contributed by atoms with Crippen LogP contribution in [0.2, 0.25) is 0 Å². The van der Waals surface area contributed by atoms with Crippen molar-refractivity contribution in [1.82, 2.24) is 5.32 Å². The summed E-state index contributed by atoms with van der Waals surface area (Å²) in [5.41, 5.74) is 0.267. The summed E-state index contributed by atoms with van der Waals surface area (Å²) in [7, 11) is 0. The minimum absolute atomic E-state index is 0.0150. The van der Waals surface area contributed by atoms with Gasteiger partial charge < -0.3 is 20.6 Å². The molecular weight excluding hydrogens is 198 g/mol. The van der Waals surface area contributed by atoms with Crippen LogP contribution in [0.3, 0.4) is 0 Å². The van der Waals surface area contributed by atoms with Crippen LogP contribution in [-0.2, 0) is 0 Å². The average Bonchev–Trinajstić information content (AvgIpc) is 2.22. The molecule has 1 aromatic rings. The van der Waals surface area contributed by atoms with Crippen LogP contribution in [0.25, 0.3) is 0 Å². The van der Waals surface area contributed by atoms with Gasteiger partial charge in [-0.2, -0.15) is 0 Å². The standard InChI is InChI=1S/C10H13NO4/c12-5-1-4-11-10(15)7-2-3-8(13)9(14)6-7/h2-3,6,12-14H,1,4-5H2,(H,11,15). The molecule has 1 rings (SSSR count). The quantitative estimate of drug-likeness (QED) is 0.423. The van der Waals surface area contributed by atoms with Gasteiger partial charge in [0, 0.05) is 18.7 Å². The number of aromatic hydroxyl groups is 2. The lowest BCUT2D eigenvalue weighted by atomic mass is 10.2. The third-order valence-corrected chi connectivity index (χ3v) is 1.86. The van der Waals surface area contributed by atoms with Gasteiger partial charge in [-0.15, -0.1) is 0 Å². The van der Waals surface area contributed by atoms with Crippen molar-refractivity contribution >= 4 is 5.91 Å². The van der Waals surface area contributed by atoms with Crippen molar-refractivity contribution in [3.63, 3.8) is 0 Å². The molecule has 5 heteroatoms. The Hall–Kier alpha value is -1.75. The van der Waals surface area contributed by atoms with E-state index in [9.17, 15) is 4.79 Å². The summed E-state index contributed by atoms with van der Waals surface area (Å²) in [6.07, 6.45) is 0.482. The summed E-state index contributed by atoms with van der Waals surface area (Å²) in [5, 5.41) is 29.2. The Morgan fingerprint density at radius 2 is 2.00 bits per heavy atom. The number of benzene rings is 1. The molecule has 0 aliphatic heterocycles. The summed E-state index contributed by atoms with van der Waals surface area (Å²) in [6, 6.07) is 3.84. The minimum Gasteiger partial charge on any atom is -0.504 e. The number of nitrogens with one attached hydrogen (secondary N) is 1. The maximum Gasteiger partial charge on any atom is 0.251 e. The predicted molar refractivity (Wildman–Crippen MR) is 53.8 cm³/mol. The molecule has 0 saturated heterocycles. The van der Waals surface area contributed by atoms with E-state index >= 15 is 0 Å².